The molecular weight excluding hydrogens is 359 g/mol. The molecule has 0 bridgehead atoms. The Labute approximate surface area is 150 Å². The number of anilines is 2. The van der Waals surface area contributed by atoms with Gasteiger partial charge in [0.05, 0.1) is 16.5 Å². The molecule has 1 atom stereocenters. The van der Waals surface area contributed by atoms with E-state index in [1.807, 2.05) is 0 Å². The van der Waals surface area contributed by atoms with E-state index in [0.717, 1.165) is 6.26 Å². The Balaban J connectivity index is 1.70. The van der Waals surface area contributed by atoms with Crippen LogP contribution in [0.1, 0.15) is 6.42 Å². The number of hydrogen-bond donors (Lipinski definition) is 1. The maximum absolute atomic E-state index is 13.9. The lowest BCUT2D eigenvalue weighted by atomic mass is 10.1. The van der Waals surface area contributed by atoms with Gasteiger partial charge in [-0.15, -0.1) is 0 Å². The zero-order chi connectivity index (χ0) is 18.9. The summed E-state index contributed by atoms with van der Waals surface area (Å²) in [6.07, 6.45) is 1.09. The predicted molar refractivity (Wildman–Crippen MR) is 95.0 cm³/mol. The van der Waals surface area contributed by atoms with E-state index in [2.05, 4.69) is 5.32 Å². The van der Waals surface area contributed by atoms with Gasteiger partial charge in [-0.3, -0.25) is 9.59 Å². The lowest BCUT2D eigenvalue weighted by Gasteiger charge is -2.17. The highest BCUT2D eigenvalue weighted by molar-refractivity contribution is 7.90. The van der Waals surface area contributed by atoms with E-state index in [4.69, 9.17) is 0 Å². The van der Waals surface area contributed by atoms with Gasteiger partial charge in [0, 0.05) is 24.9 Å². The van der Waals surface area contributed by atoms with Crippen LogP contribution in [0.5, 0.6) is 0 Å². The molecule has 2 aromatic rings. The summed E-state index contributed by atoms with van der Waals surface area (Å²) in [6.45, 7) is 0.0903. The van der Waals surface area contributed by atoms with Crippen LogP contribution >= 0.6 is 0 Å². The number of carbonyl (C=O) groups excluding carboxylic acids is 2. The average molecular weight is 376 g/mol. The number of halogens is 1. The molecule has 1 saturated heterocycles. The predicted octanol–water partition coefficient (Wildman–Crippen LogP) is 2.22. The van der Waals surface area contributed by atoms with E-state index in [0.29, 0.717) is 5.69 Å². The molecule has 0 aliphatic carbocycles. The second-order valence-corrected chi connectivity index (χ2v) is 8.16. The molecule has 26 heavy (non-hydrogen) atoms. The molecule has 1 aliphatic rings. The maximum atomic E-state index is 13.9. The molecule has 0 saturated carbocycles. The summed E-state index contributed by atoms with van der Waals surface area (Å²) in [5.74, 6) is -1.82. The van der Waals surface area contributed by atoms with Crippen molar-refractivity contribution in [3.63, 3.8) is 0 Å². The van der Waals surface area contributed by atoms with Gasteiger partial charge in [0.2, 0.25) is 11.8 Å². The molecule has 2 aromatic carbocycles. The summed E-state index contributed by atoms with van der Waals surface area (Å²) in [5, 5.41) is 2.66. The van der Waals surface area contributed by atoms with Crippen LogP contribution in [0.25, 0.3) is 0 Å². The Bertz CT molecular complexity index is 957. The smallest absolute Gasteiger partial charge is 0.229 e. The van der Waals surface area contributed by atoms with E-state index in [1.54, 1.807) is 6.07 Å². The minimum Gasteiger partial charge on any atom is -0.326 e. The topological polar surface area (TPSA) is 83.5 Å². The summed E-state index contributed by atoms with van der Waals surface area (Å²) < 4.78 is 36.8. The summed E-state index contributed by atoms with van der Waals surface area (Å²) in [6, 6.07) is 11.7. The van der Waals surface area contributed by atoms with Gasteiger partial charge in [-0.1, -0.05) is 12.1 Å². The van der Waals surface area contributed by atoms with E-state index in [-0.39, 0.29) is 35.4 Å². The zero-order valence-corrected chi connectivity index (χ0v) is 14.8. The molecule has 1 heterocycles. The van der Waals surface area contributed by atoms with E-state index in [9.17, 15) is 22.4 Å². The van der Waals surface area contributed by atoms with Crippen molar-refractivity contribution in [2.24, 2.45) is 5.92 Å². The fraction of sp³-hybridized carbons (Fsp3) is 0.222. The highest BCUT2D eigenvalue weighted by atomic mass is 32.2. The first kappa shape index (κ1) is 18.1. The number of benzene rings is 2. The van der Waals surface area contributed by atoms with E-state index >= 15 is 0 Å². The van der Waals surface area contributed by atoms with Crippen molar-refractivity contribution in [3.8, 4) is 0 Å². The first-order valence-corrected chi connectivity index (χ1v) is 9.81. The van der Waals surface area contributed by atoms with Gasteiger partial charge in [-0.05, 0) is 36.4 Å². The molecule has 0 aromatic heterocycles. The number of nitrogens with one attached hydrogen (secondary N) is 1. The Kier molecular flexibility index (Phi) is 4.78. The van der Waals surface area contributed by atoms with Crippen LogP contribution in [0, 0.1) is 11.7 Å². The Morgan fingerprint density at radius 2 is 1.81 bits per heavy atom. The number of rotatable bonds is 4. The van der Waals surface area contributed by atoms with Crippen LogP contribution in [0.3, 0.4) is 0 Å². The van der Waals surface area contributed by atoms with Crippen molar-refractivity contribution < 1.29 is 22.4 Å². The summed E-state index contributed by atoms with van der Waals surface area (Å²) >= 11 is 0. The van der Waals surface area contributed by atoms with Gasteiger partial charge in [-0.2, -0.15) is 0 Å². The minimum atomic E-state index is -3.31. The summed E-state index contributed by atoms with van der Waals surface area (Å²) in [4.78, 5) is 26.0. The van der Waals surface area contributed by atoms with Crippen molar-refractivity contribution in [1.82, 2.24) is 0 Å². The summed E-state index contributed by atoms with van der Waals surface area (Å²) in [7, 11) is -3.31. The molecule has 8 heteroatoms. The molecular formula is C18H17FN2O4S. The fourth-order valence-electron chi connectivity index (χ4n) is 2.82. The van der Waals surface area contributed by atoms with Crippen LogP contribution in [-0.2, 0) is 19.4 Å². The molecule has 136 valence electrons. The third-order valence-corrected chi connectivity index (χ3v) is 5.32. The highest BCUT2D eigenvalue weighted by Gasteiger charge is 2.36. The highest BCUT2D eigenvalue weighted by Crippen LogP contribution is 2.28. The quantitative estimate of drug-likeness (QED) is 0.887. The molecule has 1 N–H and O–H groups in total. The van der Waals surface area contributed by atoms with Crippen molar-refractivity contribution >= 4 is 33.0 Å². The van der Waals surface area contributed by atoms with Crippen LogP contribution in [0.15, 0.2) is 53.4 Å². The second-order valence-electron chi connectivity index (χ2n) is 6.14. The third-order valence-electron chi connectivity index (χ3n) is 4.19. The van der Waals surface area contributed by atoms with E-state index in [1.165, 1.54) is 47.4 Å². The minimum absolute atomic E-state index is 0.0123. The van der Waals surface area contributed by atoms with Crippen LogP contribution in [-0.4, -0.2) is 33.0 Å². The molecule has 3 rings (SSSR count). The van der Waals surface area contributed by atoms with Crippen LogP contribution in [0.4, 0.5) is 15.8 Å². The number of amides is 2. The number of sulfone groups is 1. The molecule has 1 aliphatic heterocycles. The molecule has 0 spiro atoms. The monoisotopic (exact) mass is 376 g/mol. The van der Waals surface area contributed by atoms with Gasteiger partial charge >= 0.3 is 0 Å². The van der Waals surface area contributed by atoms with Crippen LogP contribution < -0.4 is 10.2 Å². The Hall–Kier alpha value is -2.74. The SMILES string of the molecule is CS(=O)(=O)c1ccc(NC(=O)[C@@H]2CC(=O)N(c3ccccc3F)C2)cc1. The number of para-hydroxylation sites is 1. The normalized spacial score (nSPS) is 17.4. The van der Waals surface area contributed by atoms with E-state index < -0.39 is 21.6 Å². The van der Waals surface area contributed by atoms with Gasteiger partial charge in [0.1, 0.15) is 5.82 Å². The van der Waals surface area contributed by atoms with Crippen molar-refractivity contribution in [3.05, 3.63) is 54.3 Å². The van der Waals surface area contributed by atoms with Gasteiger partial charge in [0.25, 0.3) is 0 Å². The molecule has 1 fully saturated rings. The maximum Gasteiger partial charge on any atom is 0.229 e. The lowest BCUT2D eigenvalue weighted by molar-refractivity contribution is -0.122. The zero-order valence-electron chi connectivity index (χ0n) is 14.0. The molecule has 0 unspecified atom stereocenters. The van der Waals surface area contributed by atoms with Gasteiger partial charge < -0.3 is 10.2 Å². The van der Waals surface area contributed by atoms with Crippen molar-refractivity contribution in [2.45, 2.75) is 11.3 Å². The van der Waals surface area contributed by atoms with Crippen molar-refractivity contribution in [1.29, 1.82) is 0 Å². The first-order valence-electron chi connectivity index (χ1n) is 7.91. The summed E-state index contributed by atoms with van der Waals surface area (Å²) in [5.41, 5.74) is 0.587. The lowest BCUT2D eigenvalue weighted by Crippen LogP contribution is -2.28. The van der Waals surface area contributed by atoms with Gasteiger partial charge in [-0.25, -0.2) is 12.8 Å². The molecule has 6 nitrogen and oxygen atoms in total. The fourth-order valence-corrected chi connectivity index (χ4v) is 3.45. The van der Waals surface area contributed by atoms with Gasteiger partial charge in [0.15, 0.2) is 9.84 Å². The first-order chi connectivity index (χ1) is 12.3. The Morgan fingerprint density at radius 1 is 1.15 bits per heavy atom. The number of nitrogens with zero attached hydrogens (tertiary/aromatic N) is 1. The molecule has 0 radical (unpaired) electrons. The largest absolute Gasteiger partial charge is 0.326 e. The number of carbonyl (C=O) groups is 2. The third kappa shape index (κ3) is 3.75. The number of hydrogen-bond acceptors (Lipinski definition) is 4. The van der Waals surface area contributed by atoms with Crippen LogP contribution in [0.2, 0.25) is 0 Å². The molecule has 2 amide bonds. The van der Waals surface area contributed by atoms with Crippen molar-refractivity contribution in [2.75, 3.05) is 23.0 Å². The average Bonchev–Trinajstić information content (AvgIpc) is 2.97. The standard InChI is InChI=1S/C18H17FN2O4S/c1-26(24,25)14-8-6-13(7-9-14)20-18(23)12-10-17(22)21(11-12)16-5-3-2-4-15(16)19/h2-9,12H,10-11H2,1H3,(H,20,23)/t12-/m1/s1. The Morgan fingerprint density at radius 3 is 2.42 bits per heavy atom. The second kappa shape index (κ2) is 6.87.